The van der Waals surface area contributed by atoms with E-state index in [-0.39, 0.29) is 0 Å². The summed E-state index contributed by atoms with van der Waals surface area (Å²) in [4.78, 5) is 4.63. The van der Waals surface area contributed by atoms with Gasteiger partial charge in [0, 0.05) is 33.5 Å². The van der Waals surface area contributed by atoms with Crippen molar-refractivity contribution in [1.82, 2.24) is 4.98 Å². The van der Waals surface area contributed by atoms with Crippen LogP contribution in [-0.4, -0.2) is 11.2 Å². The molecule has 2 N–H and O–H groups in total. The molecule has 0 bridgehead atoms. The van der Waals surface area contributed by atoms with Gasteiger partial charge in [-0.05, 0) is 37.1 Å². The van der Waals surface area contributed by atoms with Crippen molar-refractivity contribution in [3.05, 3.63) is 52.1 Å². The van der Waals surface area contributed by atoms with Crippen molar-refractivity contribution in [3.8, 4) is 0 Å². The second-order valence-corrected chi connectivity index (χ2v) is 5.64. The summed E-state index contributed by atoms with van der Waals surface area (Å²) in [5.74, 6) is 1.48. The maximum Gasteiger partial charge on any atom is 0.130 e. The van der Waals surface area contributed by atoms with Crippen LogP contribution in [0.1, 0.15) is 30.0 Å². The lowest BCUT2D eigenvalue weighted by molar-refractivity contribution is 1.03. The largest absolute Gasteiger partial charge is 0.340 e. The van der Waals surface area contributed by atoms with Gasteiger partial charge in [0.05, 0.1) is 0 Å². The molecule has 3 nitrogen and oxygen atoms in total. The number of rotatable bonds is 4. The Balaban J connectivity index is 1.89. The summed E-state index contributed by atoms with van der Waals surface area (Å²) in [6.07, 6.45) is 3.84. The molecule has 0 amide bonds. The summed E-state index contributed by atoms with van der Waals surface area (Å²) in [6, 6.07) is 11.9. The van der Waals surface area contributed by atoms with Gasteiger partial charge in [-0.2, -0.15) is 0 Å². The van der Waals surface area contributed by atoms with Gasteiger partial charge < -0.3 is 10.7 Å². The van der Waals surface area contributed by atoms with E-state index in [4.69, 9.17) is 5.41 Å². The molecule has 0 radical (unpaired) electrons. The molecular formula is C15H14BrN3. The molecule has 3 rings (SSSR count). The molecule has 1 saturated carbocycles. The van der Waals surface area contributed by atoms with E-state index in [0.29, 0.717) is 5.92 Å². The van der Waals surface area contributed by atoms with Crippen LogP contribution in [0, 0.1) is 5.41 Å². The summed E-state index contributed by atoms with van der Waals surface area (Å²) < 4.78 is 0.985. The zero-order valence-electron chi connectivity index (χ0n) is 10.4. The van der Waals surface area contributed by atoms with Crippen molar-refractivity contribution >= 4 is 33.6 Å². The van der Waals surface area contributed by atoms with Gasteiger partial charge in [-0.1, -0.05) is 28.1 Å². The van der Waals surface area contributed by atoms with Crippen LogP contribution in [0.4, 0.5) is 11.5 Å². The van der Waals surface area contributed by atoms with Crippen molar-refractivity contribution in [2.45, 2.75) is 18.8 Å². The van der Waals surface area contributed by atoms with Gasteiger partial charge >= 0.3 is 0 Å². The number of nitrogens with one attached hydrogen (secondary N) is 2. The third-order valence-corrected chi connectivity index (χ3v) is 3.69. The molecule has 0 aliphatic heterocycles. The second kappa shape index (κ2) is 5.13. The van der Waals surface area contributed by atoms with Gasteiger partial charge in [0.25, 0.3) is 0 Å². The minimum Gasteiger partial charge on any atom is -0.340 e. The van der Waals surface area contributed by atoms with E-state index >= 15 is 0 Å². The molecule has 1 heterocycles. The number of pyridine rings is 1. The van der Waals surface area contributed by atoms with Crippen LogP contribution in [0.25, 0.3) is 0 Å². The monoisotopic (exact) mass is 315 g/mol. The molecule has 0 spiro atoms. The van der Waals surface area contributed by atoms with Crippen LogP contribution >= 0.6 is 15.9 Å². The highest BCUT2D eigenvalue weighted by Gasteiger charge is 2.24. The predicted octanol–water partition coefficient (Wildman–Crippen LogP) is 4.46. The Kier molecular flexibility index (Phi) is 3.34. The number of halogens is 1. The summed E-state index contributed by atoms with van der Waals surface area (Å²) in [5, 5.41) is 10.7. The first-order chi connectivity index (χ1) is 9.26. The first kappa shape index (κ1) is 12.4. The third-order valence-electron chi connectivity index (χ3n) is 3.20. The average molecular weight is 316 g/mol. The lowest BCUT2D eigenvalue weighted by Gasteiger charge is -2.10. The molecule has 1 aliphatic rings. The molecule has 4 heteroatoms. The second-order valence-electron chi connectivity index (χ2n) is 4.72. The normalized spacial score (nSPS) is 14.2. The highest BCUT2D eigenvalue weighted by Crippen LogP contribution is 2.39. The molecule has 1 fully saturated rings. The van der Waals surface area contributed by atoms with Gasteiger partial charge in [0.15, 0.2) is 0 Å². The molecule has 96 valence electrons. The average Bonchev–Trinajstić information content (AvgIpc) is 3.24. The van der Waals surface area contributed by atoms with E-state index in [0.717, 1.165) is 27.2 Å². The van der Waals surface area contributed by atoms with Crippen LogP contribution < -0.4 is 5.32 Å². The molecule has 0 atom stereocenters. The van der Waals surface area contributed by atoms with Crippen molar-refractivity contribution < 1.29 is 0 Å². The smallest absolute Gasteiger partial charge is 0.130 e. The molecule has 1 aromatic carbocycles. The fourth-order valence-corrected chi connectivity index (χ4v) is 2.39. The van der Waals surface area contributed by atoms with Gasteiger partial charge in [0.1, 0.15) is 5.82 Å². The minimum absolute atomic E-state index is 0.645. The van der Waals surface area contributed by atoms with E-state index in [9.17, 15) is 0 Å². The Morgan fingerprint density at radius 1 is 1.26 bits per heavy atom. The molecule has 19 heavy (non-hydrogen) atoms. The van der Waals surface area contributed by atoms with Crippen molar-refractivity contribution in [3.63, 3.8) is 0 Å². The highest BCUT2D eigenvalue weighted by atomic mass is 79.9. The lowest BCUT2D eigenvalue weighted by atomic mass is 10.2. The third kappa shape index (κ3) is 2.84. The number of hydrogen-bond donors (Lipinski definition) is 2. The molecule has 0 unspecified atom stereocenters. The SMILES string of the molecule is N=Cc1ccc(Br)cc1Nc1cccc(C2CC2)n1. The van der Waals surface area contributed by atoms with E-state index in [2.05, 4.69) is 32.3 Å². The van der Waals surface area contributed by atoms with Gasteiger partial charge in [0.2, 0.25) is 0 Å². The molecule has 0 saturated heterocycles. The molecule has 1 aliphatic carbocycles. The number of nitrogens with zero attached hydrogens (tertiary/aromatic N) is 1. The zero-order valence-corrected chi connectivity index (χ0v) is 11.9. The predicted molar refractivity (Wildman–Crippen MR) is 81.5 cm³/mol. The lowest BCUT2D eigenvalue weighted by Crippen LogP contribution is -1.99. The Morgan fingerprint density at radius 3 is 2.84 bits per heavy atom. The van der Waals surface area contributed by atoms with E-state index in [1.807, 2.05) is 30.3 Å². The quantitative estimate of drug-likeness (QED) is 0.818. The molecule has 2 aromatic rings. The Hall–Kier alpha value is -1.68. The van der Waals surface area contributed by atoms with E-state index in [1.165, 1.54) is 19.1 Å². The number of hydrogen-bond acceptors (Lipinski definition) is 3. The maximum atomic E-state index is 7.44. The number of aromatic nitrogens is 1. The number of benzene rings is 1. The van der Waals surface area contributed by atoms with Crippen molar-refractivity contribution in [2.24, 2.45) is 0 Å². The van der Waals surface area contributed by atoms with Crippen LogP contribution in [0.5, 0.6) is 0 Å². The fourth-order valence-electron chi connectivity index (χ4n) is 2.03. The highest BCUT2D eigenvalue weighted by molar-refractivity contribution is 9.10. The topological polar surface area (TPSA) is 48.8 Å². The first-order valence-electron chi connectivity index (χ1n) is 6.30. The Bertz CT molecular complexity index is 621. The minimum atomic E-state index is 0.645. The maximum absolute atomic E-state index is 7.44. The van der Waals surface area contributed by atoms with Crippen LogP contribution in [0.3, 0.4) is 0 Å². The van der Waals surface area contributed by atoms with Crippen molar-refractivity contribution in [1.29, 1.82) is 5.41 Å². The van der Waals surface area contributed by atoms with Gasteiger partial charge in [-0.15, -0.1) is 0 Å². The Morgan fingerprint density at radius 2 is 2.11 bits per heavy atom. The summed E-state index contributed by atoms with van der Waals surface area (Å²) >= 11 is 3.45. The molecule has 1 aromatic heterocycles. The van der Waals surface area contributed by atoms with Gasteiger partial charge in [-0.3, -0.25) is 0 Å². The van der Waals surface area contributed by atoms with Crippen LogP contribution in [0.15, 0.2) is 40.9 Å². The van der Waals surface area contributed by atoms with Crippen LogP contribution in [0.2, 0.25) is 0 Å². The summed E-state index contributed by atoms with van der Waals surface area (Å²) in [5.41, 5.74) is 2.91. The first-order valence-corrected chi connectivity index (χ1v) is 7.09. The van der Waals surface area contributed by atoms with E-state index < -0.39 is 0 Å². The van der Waals surface area contributed by atoms with Gasteiger partial charge in [-0.25, -0.2) is 4.98 Å². The standard InChI is InChI=1S/C15H14BrN3/c16-12-7-6-11(9-17)14(8-12)19-15-3-1-2-13(18-15)10-4-5-10/h1-3,6-10,17H,4-5H2,(H,18,19). The van der Waals surface area contributed by atoms with Crippen LogP contribution in [-0.2, 0) is 0 Å². The van der Waals surface area contributed by atoms with E-state index in [1.54, 1.807) is 0 Å². The zero-order chi connectivity index (χ0) is 13.2. The number of anilines is 2. The molecular weight excluding hydrogens is 302 g/mol. The summed E-state index contributed by atoms with van der Waals surface area (Å²) in [6.45, 7) is 0. The fraction of sp³-hybridized carbons (Fsp3) is 0.200. The summed E-state index contributed by atoms with van der Waals surface area (Å²) in [7, 11) is 0. The van der Waals surface area contributed by atoms with Crippen molar-refractivity contribution in [2.75, 3.05) is 5.32 Å². The Labute approximate surface area is 120 Å².